The normalized spacial score (nSPS) is 21.7. The Morgan fingerprint density at radius 3 is 2.31 bits per heavy atom. The van der Waals surface area contributed by atoms with Crippen LogP contribution in [0, 0.1) is 5.92 Å². The van der Waals surface area contributed by atoms with Gasteiger partial charge in [-0.2, -0.15) is 0 Å². The molecule has 0 atom stereocenters. The number of hydrogen-bond acceptors (Lipinski definition) is 0. The van der Waals surface area contributed by atoms with Gasteiger partial charge in [0, 0.05) is 0 Å². The molecule has 0 aromatic carbocycles. The molecule has 0 nitrogen and oxygen atoms in total. The molecule has 2 aliphatic rings. The molecule has 0 unspecified atom stereocenters. The Morgan fingerprint density at radius 1 is 1.19 bits per heavy atom. The molecule has 0 bridgehead atoms. The smallest absolute Gasteiger partial charge is 0.0282 e. The lowest BCUT2D eigenvalue weighted by Crippen LogP contribution is -2.03. The molecule has 0 N–H and O–H groups in total. The molecule has 0 aromatic rings. The van der Waals surface area contributed by atoms with Crippen LogP contribution in [0.1, 0.15) is 71.1 Å². The summed E-state index contributed by atoms with van der Waals surface area (Å²) >= 11 is 0. The molecule has 92 valence electrons. The highest BCUT2D eigenvalue weighted by Crippen LogP contribution is 2.25. The van der Waals surface area contributed by atoms with E-state index in [0.29, 0.717) is 0 Å². The Hall–Kier alpha value is -0.520. The first-order valence-electron chi connectivity index (χ1n) is 7.18. The van der Waals surface area contributed by atoms with Gasteiger partial charge in [-0.05, 0) is 31.6 Å². The molecular weight excluding hydrogens is 192 g/mol. The van der Waals surface area contributed by atoms with Crippen LogP contribution >= 0.6 is 0 Å². The van der Waals surface area contributed by atoms with Gasteiger partial charge in [-0.3, -0.25) is 0 Å². The maximum absolute atomic E-state index is 3.72. The summed E-state index contributed by atoms with van der Waals surface area (Å²) in [6, 6.07) is 0. The van der Waals surface area contributed by atoms with Crippen LogP contribution in [-0.2, 0) is 0 Å². The summed E-state index contributed by atoms with van der Waals surface area (Å²) in [7, 11) is 0. The highest BCUT2D eigenvalue weighted by atomic mass is 14.2. The lowest BCUT2D eigenvalue weighted by atomic mass is 9.88. The molecule has 0 aliphatic heterocycles. The van der Waals surface area contributed by atoms with Crippen LogP contribution in [0.5, 0.6) is 0 Å². The zero-order valence-corrected chi connectivity index (χ0v) is 11.0. The predicted molar refractivity (Wildman–Crippen MR) is 73.6 cm³/mol. The number of allylic oxidation sites excluding steroid dienone is 3. The third kappa shape index (κ3) is 5.53. The Morgan fingerprint density at radius 2 is 1.94 bits per heavy atom. The molecule has 0 radical (unpaired) electrons. The molecule has 0 aromatic heterocycles. The molecule has 1 fully saturated rings. The minimum atomic E-state index is 1.09. The third-order valence-electron chi connectivity index (χ3n) is 3.89. The van der Waals surface area contributed by atoms with Crippen molar-refractivity contribution in [1.82, 2.24) is 0 Å². The maximum atomic E-state index is 3.72. The van der Waals surface area contributed by atoms with Gasteiger partial charge in [-0.1, -0.05) is 69.8 Å². The SMILES string of the molecule is C=CC1=CCCCC1.CCC1CCCCC1. The summed E-state index contributed by atoms with van der Waals surface area (Å²) in [4.78, 5) is 0. The molecule has 0 heterocycles. The summed E-state index contributed by atoms with van der Waals surface area (Å²) in [6.45, 7) is 6.03. The Bertz CT molecular complexity index is 206. The molecule has 1 saturated carbocycles. The highest BCUT2D eigenvalue weighted by molar-refractivity contribution is 5.17. The van der Waals surface area contributed by atoms with Gasteiger partial charge < -0.3 is 0 Å². The summed E-state index contributed by atoms with van der Waals surface area (Å²) in [5, 5.41) is 0. The quantitative estimate of drug-likeness (QED) is 0.564. The first-order chi connectivity index (χ1) is 7.86. The Balaban J connectivity index is 0.000000160. The highest BCUT2D eigenvalue weighted by Gasteiger charge is 2.09. The average molecular weight is 220 g/mol. The number of rotatable bonds is 2. The zero-order valence-electron chi connectivity index (χ0n) is 11.0. The van der Waals surface area contributed by atoms with Crippen molar-refractivity contribution in [2.75, 3.05) is 0 Å². The number of hydrogen-bond donors (Lipinski definition) is 0. The van der Waals surface area contributed by atoms with E-state index in [1.54, 1.807) is 0 Å². The van der Waals surface area contributed by atoms with E-state index in [1.165, 1.54) is 69.8 Å². The van der Waals surface area contributed by atoms with Crippen molar-refractivity contribution in [3.8, 4) is 0 Å². The van der Waals surface area contributed by atoms with Gasteiger partial charge in [-0.15, -0.1) is 0 Å². The van der Waals surface area contributed by atoms with E-state index in [4.69, 9.17) is 0 Å². The van der Waals surface area contributed by atoms with Crippen LogP contribution in [0.25, 0.3) is 0 Å². The average Bonchev–Trinajstić information content (AvgIpc) is 2.41. The minimum absolute atomic E-state index is 1.09. The second kappa shape index (κ2) is 8.61. The Labute approximate surface area is 102 Å². The fraction of sp³-hybridized carbons (Fsp3) is 0.750. The van der Waals surface area contributed by atoms with E-state index >= 15 is 0 Å². The Kier molecular flexibility index (Phi) is 7.29. The van der Waals surface area contributed by atoms with Crippen molar-refractivity contribution in [3.63, 3.8) is 0 Å². The van der Waals surface area contributed by atoms with Gasteiger partial charge in [0.2, 0.25) is 0 Å². The van der Waals surface area contributed by atoms with Gasteiger partial charge in [-0.25, -0.2) is 0 Å². The second-order valence-electron chi connectivity index (χ2n) is 5.14. The lowest BCUT2D eigenvalue weighted by Gasteiger charge is -2.18. The van der Waals surface area contributed by atoms with Crippen LogP contribution in [0.15, 0.2) is 24.3 Å². The van der Waals surface area contributed by atoms with Crippen molar-refractivity contribution >= 4 is 0 Å². The molecular formula is C16H28. The fourth-order valence-electron chi connectivity index (χ4n) is 2.64. The molecule has 0 spiro atoms. The van der Waals surface area contributed by atoms with Gasteiger partial charge in [0.05, 0.1) is 0 Å². The maximum Gasteiger partial charge on any atom is -0.0282 e. The molecule has 16 heavy (non-hydrogen) atoms. The topological polar surface area (TPSA) is 0 Å². The minimum Gasteiger partial charge on any atom is -0.0988 e. The van der Waals surface area contributed by atoms with Crippen LogP contribution < -0.4 is 0 Å². The van der Waals surface area contributed by atoms with Gasteiger partial charge >= 0.3 is 0 Å². The predicted octanol–water partition coefficient (Wildman–Crippen LogP) is 5.65. The molecule has 0 amide bonds. The summed E-state index contributed by atoms with van der Waals surface area (Å²) in [5.41, 5.74) is 1.44. The second-order valence-corrected chi connectivity index (χ2v) is 5.14. The first kappa shape index (κ1) is 13.5. The molecule has 0 saturated heterocycles. The fourth-order valence-corrected chi connectivity index (χ4v) is 2.64. The van der Waals surface area contributed by atoms with E-state index in [2.05, 4.69) is 19.6 Å². The van der Waals surface area contributed by atoms with Gasteiger partial charge in [0.15, 0.2) is 0 Å². The molecule has 2 aliphatic carbocycles. The van der Waals surface area contributed by atoms with Gasteiger partial charge in [0.1, 0.15) is 0 Å². The monoisotopic (exact) mass is 220 g/mol. The van der Waals surface area contributed by atoms with E-state index in [1.807, 2.05) is 6.08 Å². The molecule has 0 heteroatoms. The largest absolute Gasteiger partial charge is 0.0988 e. The third-order valence-corrected chi connectivity index (χ3v) is 3.89. The first-order valence-corrected chi connectivity index (χ1v) is 7.18. The standard InChI is InChI=1S/C8H16.C8H12/c2*1-2-8-6-4-3-5-7-8/h8H,2-7H2,1H3;2,6H,1,3-5,7H2. The van der Waals surface area contributed by atoms with Crippen LogP contribution in [0.4, 0.5) is 0 Å². The summed E-state index contributed by atoms with van der Waals surface area (Å²) < 4.78 is 0. The van der Waals surface area contributed by atoms with Crippen molar-refractivity contribution < 1.29 is 0 Å². The van der Waals surface area contributed by atoms with E-state index in [0.717, 1.165) is 5.92 Å². The van der Waals surface area contributed by atoms with Crippen molar-refractivity contribution in [3.05, 3.63) is 24.3 Å². The summed E-state index contributed by atoms with van der Waals surface area (Å²) in [5.74, 6) is 1.09. The van der Waals surface area contributed by atoms with Crippen molar-refractivity contribution in [2.24, 2.45) is 5.92 Å². The van der Waals surface area contributed by atoms with E-state index in [9.17, 15) is 0 Å². The summed E-state index contributed by atoms with van der Waals surface area (Å²) in [6.07, 6.45) is 18.4. The lowest BCUT2D eigenvalue weighted by molar-refractivity contribution is 0.349. The van der Waals surface area contributed by atoms with Gasteiger partial charge in [0.25, 0.3) is 0 Å². The van der Waals surface area contributed by atoms with Crippen molar-refractivity contribution in [1.29, 1.82) is 0 Å². The van der Waals surface area contributed by atoms with Crippen molar-refractivity contribution in [2.45, 2.75) is 71.1 Å². The molecule has 2 rings (SSSR count). The van der Waals surface area contributed by atoms with E-state index < -0.39 is 0 Å². The van der Waals surface area contributed by atoms with E-state index in [-0.39, 0.29) is 0 Å². The van der Waals surface area contributed by atoms with Crippen LogP contribution in [0.2, 0.25) is 0 Å². The zero-order chi connectivity index (χ0) is 11.6. The van der Waals surface area contributed by atoms with Crippen LogP contribution in [0.3, 0.4) is 0 Å². The van der Waals surface area contributed by atoms with Crippen LogP contribution in [-0.4, -0.2) is 0 Å².